The van der Waals surface area contributed by atoms with Gasteiger partial charge in [0.05, 0.1) is 5.69 Å². The van der Waals surface area contributed by atoms with Crippen molar-refractivity contribution in [2.75, 3.05) is 11.6 Å². The van der Waals surface area contributed by atoms with Gasteiger partial charge in [0.15, 0.2) is 0 Å². The molecule has 3 aromatic carbocycles. The minimum Gasteiger partial charge on any atom is -0.324 e. The van der Waals surface area contributed by atoms with Crippen molar-refractivity contribution < 1.29 is 4.79 Å². The molecule has 0 atom stereocenters. The zero-order chi connectivity index (χ0) is 20.2. The van der Waals surface area contributed by atoms with Crippen molar-refractivity contribution in [3.8, 4) is 11.3 Å². The van der Waals surface area contributed by atoms with E-state index in [4.69, 9.17) is 0 Å². The molecule has 29 heavy (non-hydrogen) atoms. The molecule has 4 aromatic rings. The van der Waals surface area contributed by atoms with Crippen LogP contribution in [-0.2, 0) is 11.3 Å². The summed E-state index contributed by atoms with van der Waals surface area (Å²) in [5, 5.41) is 9.42. The van der Waals surface area contributed by atoms with E-state index in [2.05, 4.69) is 10.4 Å². The number of fused-ring (bicyclic) bond motifs is 1. The third kappa shape index (κ3) is 4.22. The number of carbonyl (C=O) groups excluding carboxylic acids is 1. The Balaban J connectivity index is 1.62. The highest BCUT2D eigenvalue weighted by molar-refractivity contribution is 7.98. The monoisotopic (exact) mass is 401 g/mol. The van der Waals surface area contributed by atoms with E-state index < -0.39 is 0 Å². The van der Waals surface area contributed by atoms with Crippen LogP contribution >= 0.6 is 11.8 Å². The zero-order valence-corrected chi connectivity index (χ0v) is 16.6. The Hall–Kier alpha value is -3.38. The molecule has 0 saturated heterocycles. The highest BCUT2D eigenvalue weighted by atomic mass is 32.2. The number of carbonyl (C=O) groups is 1. The number of amides is 1. The Morgan fingerprint density at radius 3 is 2.66 bits per heavy atom. The van der Waals surface area contributed by atoms with Crippen LogP contribution in [0.5, 0.6) is 0 Å². The van der Waals surface area contributed by atoms with Crippen LogP contribution in [0.4, 0.5) is 5.69 Å². The van der Waals surface area contributed by atoms with Crippen molar-refractivity contribution in [3.05, 3.63) is 89.2 Å². The topological polar surface area (TPSA) is 64.0 Å². The van der Waals surface area contributed by atoms with E-state index in [1.807, 2.05) is 73.0 Å². The molecule has 1 amide bonds. The second-order valence-corrected chi connectivity index (χ2v) is 7.40. The maximum atomic E-state index is 12.5. The van der Waals surface area contributed by atoms with Gasteiger partial charge < -0.3 is 5.32 Å². The van der Waals surface area contributed by atoms with E-state index in [0.717, 1.165) is 21.2 Å². The lowest BCUT2D eigenvalue weighted by Crippen LogP contribution is -2.29. The lowest BCUT2D eigenvalue weighted by molar-refractivity contribution is -0.117. The normalized spacial score (nSPS) is 10.8. The van der Waals surface area contributed by atoms with Gasteiger partial charge in [-0.05, 0) is 41.3 Å². The van der Waals surface area contributed by atoms with Crippen LogP contribution in [0.2, 0.25) is 0 Å². The Kier molecular flexibility index (Phi) is 5.44. The number of aromatic nitrogens is 2. The van der Waals surface area contributed by atoms with E-state index in [1.165, 1.54) is 10.7 Å². The van der Waals surface area contributed by atoms with Gasteiger partial charge in [0.2, 0.25) is 5.91 Å². The average Bonchev–Trinajstić information content (AvgIpc) is 2.75. The molecule has 0 aliphatic heterocycles. The van der Waals surface area contributed by atoms with Gasteiger partial charge in [-0.2, -0.15) is 5.10 Å². The highest BCUT2D eigenvalue weighted by Crippen LogP contribution is 2.26. The molecule has 1 aromatic heterocycles. The fourth-order valence-corrected chi connectivity index (χ4v) is 3.65. The first-order chi connectivity index (χ1) is 14.1. The van der Waals surface area contributed by atoms with Crippen LogP contribution in [0.3, 0.4) is 0 Å². The number of hydrogen-bond donors (Lipinski definition) is 1. The fraction of sp³-hybridized carbons (Fsp3) is 0.0870. The second kappa shape index (κ2) is 8.32. The summed E-state index contributed by atoms with van der Waals surface area (Å²) in [5.74, 6) is -0.298. The van der Waals surface area contributed by atoms with Crippen molar-refractivity contribution in [1.29, 1.82) is 0 Å². The predicted molar refractivity (Wildman–Crippen MR) is 118 cm³/mol. The standard InChI is InChI=1S/C23H19N3O2S/c1-29-18-9-5-8-17(14-18)24-22(27)15-26-23(28)13-12-21(25-26)20-11-4-7-16-6-2-3-10-19(16)20/h2-14H,15H2,1H3,(H,24,27). The molecule has 0 fully saturated rings. The first kappa shape index (κ1) is 19.0. The van der Waals surface area contributed by atoms with E-state index >= 15 is 0 Å². The molecule has 0 unspecified atom stereocenters. The van der Waals surface area contributed by atoms with Crippen molar-refractivity contribution in [3.63, 3.8) is 0 Å². The van der Waals surface area contributed by atoms with Crippen LogP contribution in [-0.4, -0.2) is 21.9 Å². The van der Waals surface area contributed by atoms with Crippen molar-refractivity contribution in [1.82, 2.24) is 9.78 Å². The van der Waals surface area contributed by atoms with Crippen LogP contribution in [0.15, 0.2) is 88.6 Å². The summed E-state index contributed by atoms with van der Waals surface area (Å²) < 4.78 is 1.20. The molecule has 0 bridgehead atoms. The average molecular weight is 401 g/mol. The molecule has 0 aliphatic rings. The van der Waals surface area contributed by atoms with Crippen LogP contribution in [0.25, 0.3) is 22.0 Å². The Morgan fingerprint density at radius 1 is 1.00 bits per heavy atom. The van der Waals surface area contributed by atoms with Gasteiger partial charge in [0.1, 0.15) is 6.54 Å². The lowest BCUT2D eigenvalue weighted by atomic mass is 10.0. The maximum absolute atomic E-state index is 12.5. The molecule has 0 spiro atoms. The minimum absolute atomic E-state index is 0.152. The van der Waals surface area contributed by atoms with Gasteiger partial charge in [-0.3, -0.25) is 9.59 Å². The Morgan fingerprint density at radius 2 is 1.79 bits per heavy atom. The number of hydrogen-bond acceptors (Lipinski definition) is 4. The minimum atomic E-state index is -0.318. The molecule has 5 nitrogen and oxygen atoms in total. The summed E-state index contributed by atoms with van der Waals surface area (Å²) in [4.78, 5) is 25.8. The Bertz CT molecular complexity index is 1240. The first-order valence-electron chi connectivity index (χ1n) is 9.14. The van der Waals surface area contributed by atoms with Crippen LogP contribution in [0, 0.1) is 0 Å². The molecule has 0 saturated carbocycles. The summed E-state index contributed by atoms with van der Waals surface area (Å²) >= 11 is 1.60. The lowest BCUT2D eigenvalue weighted by Gasteiger charge is -2.10. The van der Waals surface area contributed by atoms with Crippen LogP contribution < -0.4 is 10.9 Å². The molecule has 1 N–H and O–H groups in total. The number of nitrogens with zero attached hydrogens (tertiary/aromatic N) is 2. The molecule has 1 heterocycles. The van der Waals surface area contributed by atoms with E-state index in [1.54, 1.807) is 17.8 Å². The third-order valence-corrected chi connectivity index (χ3v) is 5.30. The SMILES string of the molecule is CSc1cccc(NC(=O)Cn2nc(-c3cccc4ccccc34)ccc2=O)c1. The number of nitrogens with one attached hydrogen (secondary N) is 1. The summed E-state index contributed by atoms with van der Waals surface area (Å²) in [6.45, 7) is -0.152. The molecular formula is C23H19N3O2S. The zero-order valence-electron chi connectivity index (χ0n) is 15.8. The van der Waals surface area contributed by atoms with Crippen molar-refractivity contribution in [2.24, 2.45) is 0 Å². The summed E-state index contributed by atoms with van der Waals surface area (Å²) in [6, 6.07) is 24.7. The van der Waals surface area contributed by atoms with E-state index in [0.29, 0.717) is 11.4 Å². The maximum Gasteiger partial charge on any atom is 0.267 e. The molecule has 0 radical (unpaired) electrons. The van der Waals surface area contributed by atoms with Crippen molar-refractivity contribution in [2.45, 2.75) is 11.4 Å². The molecule has 4 rings (SSSR count). The third-order valence-electron chi connectivity index (χ3n) is 4.58. The fourth-order valence-electron chi connectivity index (χ4n) is 3.19. The predicted octanol–water partition coefficient (Wildman–Crippen LogP) is 4.42. The molecule has 6 heteroatoms. The smallest absolute Gasteiger partial charge is 0.267 e. The summed E-state index contributed by atoms with van der Waals surface area (Å²) in [6.07, 6.45) is 1.98. The second-order valence-electron chi connectivity index (χ2n) is 6.52. The number of anilines is 1. The van der Waals surface area contributed by atoms with Gasteiger partial charge in [0, 0.05) is 22.2 Å². The van der Waals surface area contributed by atoms with Gasteiger partial charge in [0.25, 0.3) is 5.56 Å². The number of thioether (sulfide) groups is 1. The summed E-state index contributed by atoms with van der Waals surface area (Å²) in [7, 11) is 0. The highest BCUT2D eigenvalue weighted by Gasteiger charge is 2.10. The summed E-state index contributed by atoms with van der Waals surface area (Å²) in [5.41, 5.74) is 1.95. The van der Waals surface area contributed by atoms with Crippen LogP contribution in [0.1, 0.15) is 0 Å². The molecular weight excluding hydrogens is 382 g/mol. The largest absolute Gasteiger partial charge is 0.324 e. The quantitative estimate of drug-likeness (QED) is 0.503. The van der Waals surface area contributed by atoms with Gasteiger partial charge in [-0.15, -0.1) is 11.8 Å². The van der Waals surface area contributed by atoms with Gasteiger partial charge in [-0.1, -0.05) is 48.5 Å². The van der Waals surface area contributed by atoms with Gasteiger partial charge >= 0.3 is 0 Å². The Labute approximate surface area is 172 Å². The first-order valence-corrected chi connectivity index (χ1v) is 10.4. The number of benzene rings is 3. The van der Waals surface area contributed by atoms with E-state index in [-0.39, 0.29) is 18.0 Å². The van der Waals surface area contributed by atoms with E-state index in [9.17, 15) is 9.59 Å². The molecule has 144 valence electrons. The number of rotatable bonds is 5. The molecule has 0 aliphatic carbocycles. The van der Waals surface area contributed by atoms with Crippen molar-refractivity contribution >= 4 is 34.1 Å². The van der Waals surface area contributed by atoms with Gasteiger partial charge in [-0.25, -0.2) is 4.68 Å².